The van der Waals surface area contributed by atoms with Gasteiger partial charge in [-0.15, -0.1) is 0 Å². The van der Waals surface area contributed by atoms with Gasteiger partial charge < -0.3 is 20.8 Å². The van der Waals surface area contributed by atoms with E-state index in [1.54, 1.807) is 6.33 Å². The smallest absolute Gasteiger partial charge is 0.224 e. The van der Waals surface area contributed by atoms with Crippen molar-refractivity contribution in [3.63, 3.8) is 0 Å². The molecule has 3 rings (SSSR count). The Kier molecular flexibility index (Phi) is 2.97. The highest BCUT2D eigenvalue weighted by molar-refractivity contribution is 5.83. The molecule has 1 unspecified atom stereocenters. The fourth-order valence-corrected chi connectivity index (χ4v) is 2.18. The predicted molar refractivity (Wildman–Crippen MR) is 68.1 cm³/mol. The average Bonchev–Trinajstić information content (AvgIpc) is 2.98. The standard InChI is InChI=1S/C11H16N6O/c12-11-16-9(8-10(17-11)15-6-14-8)13-3-1-7-2-4-18-5-7/h6-7H,1-5H2,(H4,12,13,14,15,16,17). The summed E-state index contributed by atoms with van der Waals surface area (Å²) in [6.45, 7) is 2.60. The van der Waals surface area contributed by atoms with Gasteiger partial charge in [0.2, 0.25) is 5.95 Å². The van der Waals surface area contributed by atoms with Crippen LogP contribution >= 0.6 is 0 Å². The van der Waals surface area contributed by atoms with Crippen LogP contribution in [0.4, 0.5) is 11.8 Å². The van der Waals surface area contributed by atoms with Gasteiger partial charge in [-0.1, -0.05) is 0 Å². The number of fused-ring (bicyclic) bond motifs is 1. The highest BCUT2D eigenvalue weighted by Crippen LogP contribution is 2.19. The molecular formula is C11H16N6O. The summed E-state index contributed by atoms with van der Waals surface area (Å²) in [6, 6.07) is 0. The van der Waals surface area contributed by atoms with Crippen molar-refractivity contribution in [1.82, 2.24) is 19.9 Å². The third-order valence-corrected chi connectivity index (χ3v) is 3.17. The normalized spacial score (nSPS) is 19.4. The topological polar surface area (TPSA) is 102 Å². The van der Waals surface area contributed by atoms with Crippen molar-refractivity contribution >= 4 is 22.9 Å². The Morgan fingerprint density at radius 3 is 3.28 bits per heavy atom. The molecule has 0 bridgehead atoms. The maximum Gasteiger partial charge on any atom is 0.224 e. The average molecular weight is 248 g/mol. The minimum Gasteiger partial charge on any atom is -0.381 e. The summed E-state index contributed by atoms with van der Waals surface area (Å²) in [7, 11) is 0. The van der Waals surface area contributed by atoms with Crippen LogP contribution in [-0.2, 0) is 4.74 Å². The Hall–Kier alpha value is -1.89. The molecule has 3 heterocycles. The lowest BCUT2D eigenvalue weighted by Crippen LogP contribution is -2.11. The summed E-state index contributed by atoms with van der Waals surface area (Å²) in [5, 5.41) is 3.28. The first-order valence-electron chi connectivity index (χ1n) is 6.11. The zero-order valence-corrected chi connectivity index (χ0v) is 10.0. The largest absolute Gasteiger partial charge is 0.381 e. The van der Waals surface area contributed by atoms with E-state index in [9.17, 15) is 0 Å². The summed E-state index contributed by atoms with van der Waals surface area (Å²) >= 11 is 0. The van der Waals surface area contributed by atoms with E-state index in [1.165, 1.54) is 0 Å². The van der Waals surface area contributed by atoms with Crippen molar-refractivity contribution in [3.8, 4) is 0 Å². The number of ether oxygens (including phenoxy) is 1. The summed E-state index contributed by atoms with van der Waals surface area (Å²) in [5.41, 5.74) is 7.03. The molecular weight excluding hydrogens is 232 g/mol. The lowest BCUT2D eigenvalue weighted by molar-refractivity contribution is 0.185. The van der Waals surface area contributed by atoms with E-state index in [-0.39, 0.29) is 5.95 Å². The fraction of sp³-hybridized carbons (Fsp3) is 0.545. The van der Waals surface area contributed by atoms with E-state index < -0.39 is 0 Å². The van der Waals surface area contributed by atoms with Gasteiger partial charge in [-0.25, -0.2) is 4.98 Å². The zero-order chi connectivity index (χ0) is 12.4. The van der Waals surface area contributed by atoms with Gasteiger partial charge in [-0.05, 0) is 18.8 Å². The Morgan fingerprint density at radius 1 is 1.50 bits per heavy atom. The number of rotatable bonds is 4. The van der Waals surface area contributed by atoms with Gasteiger partial charge in [0.1, 0.15) is 5.52 Å². The second-order valence-corrected chi connectivity index (χ2v) is 4.48. The number of nitrogens with two attached hydrogens (primary N) is 1. The number of aromatic amines is 1. The lowest BCUT2D eigenvalue weighted by Gasteiger charge is -2.09. The molecule has 7 heteroatoms. The molecule has 1 atom stereocenters. The third-order valence-electron chi connectivity index (χ3n) is 3.17. The number of nitrogens with one attached hydrogen (secondary N) is 2. The quantitative estimate of drug-likeness (QED) is 0.738. The number of H-pyrrole nitrogens is 1. The molecule has 1 fully saturated rings. The number of nitrogens with zero attached hydrogens (tertiary/aromatic N) is 3. The van der Waals surface area contributed by atoms with Crippen LogP contribution in [0.15, 0.2) is 6.33 Å². The predicted octanol–water partition coefficient (Wildman–Crippen LogP) is 0.774. The van der Waals surface area contributed by atoms with E-state index in [0.29, 0.717) is 17.4 Å². The number of imidazole rings is 1. The van der Waals surface area contributed by atoms with Crippen LogP contribution in [0.2, 0.25) is 0 Å². The summed E-state index contributed by atoms with van der Waals surface area (Å²) < 4.78 is 5.35. The van der Waals surface area contributed by atoms with E-state index in [1.807, 2.05) is 0 Å². The second-order valence-electron chi connectivity index (χ2n) is 4.48. The van der Waals surface area contributed by atoms with Crippen LogP contribution in [0.25, 0.3) is 11.2 Å². The molecule has 7 nitrogen and oxygen atoms in total. The van der Waals surface area contributed by atoms with Gasteiger partial charge in [0.15, 0.2) is 11.5 Å². The maximum absolute atomic E-state index is 5.64. The van der Waals surface area contributed by atoms with Crippen LogP contribution in [0.1, 0.15) is 12.8 Å². The molecule has 0 aromatic carbocycles. The number of anilines is 2. The van der Waals surface area contributed by atoms with Gasteiger partial charge in [-0.3, -0.25) is 0 Å². The van der Waals surface area contributed by atoms with Crippen LogP contribution in [0.5, 0.6) is 0 Å². The molecule has 0 aliphatic carbocycles. The summed E-state index contributed by atoms with van der Waals surface area (Å²) in [4.78, 5) is 15.3. The SMILES string of the molecule is Nc1nc(NCCC2CCOC2)c2[nH]cnc2n1. The van der Waals surface area contributed by atoms with Crippen molar-refractivity contribution < 1.29 is 4.74 Å². The van der Waals surface area contributed by atoms with Gasteiger partial charge in [0.25, 0.3) is 0 Å². The van der Waals surface area contributed by atoms with E-state index in [4.69, 9.17) is 10.5 Å². The molecule has 2 aromatic heterocycles. The number of aromatic nitrogens is 4. The monoisotopic (exact) mass is 248 g/mol. The van der Waals surface area contributed by atoms with E-state index in [0.717, 1.165) is 38.1 Å². The van der Waals surface area contributed by atoms with Gasteiger partial charge in [-0.2, -0.15) is 9.97 Å². The first-order valence-corrected chi connectivity index (χ1v) is 6.11. The van der Waals surface area contributed by atoms with Crippen molar-refractivity contribution in [3.05, 3.63) is 6.33 Å². The van der Waals surface area contributed by atoms with Crippen molar-refractivity contribution in [2.24, 2.45) is 5.92 Å². The molecule has 0 saturated carbocycles. The molecule has 1 saturated heterocycles. The number of nitrogen functional groups attached to an aromatic ring is 1. The van der Waals surface area contributed by atoms with Crippen LogP contribution < -0.4 is 11.1 Å². The van der Waals surface area contributed by atoms with Crippen LogP contribution in [0.3, 0.4) is 0 Å². The Labute approximate surface area is 104 Å². The molecule has 0 amide bonds. The van der Waals surface area contributed by atoms with E-state index >= 15 is 0 Å². The lowest BCUT2D eigenvalue weighted by atomic mass is 10.1. The molecule has 96 valence electrons. The first kappa shape index (κ1) is 11.2. The van der Waals surface area contributed by atoms with Crippen LogP contribution in [-0.4, -0.2) is 39.7 Å². The van der Waals surface area contributed by atoms with E-state index in [2.05, 4.69) is 25.3 Å². The number of hydrogen-bond donors (Lipinski definition) is 3. The first-order chi connectivity index (χ1) is 8.83. The summed E-state index contributed by atoms with van der Waals surface area (Å²) in [5.74, 6) is 1.60. The molecule has 4 N–H and O–H groups in total. The minimum atomic E-state index is 0.237. The van der Waals surface area contributed by atoms with Gasteiger partial charge >= 0.3 is 0 Å². The van der Waals surface area contributed by atoms with Crippen molar-refractivity contribution in [2.75, 3.05) is 30.8 Å². The van der Waals surface area contributed by atoms with Gasteiger partial charge in [0, 0.05) is 19.8 Å². The molecule has 0 spiro atoms. The highest BCUT2D eigenvalue weighted by Gasteiger charge is 2.15. The Morgan fingerprint density at radius 2 is 2.44 bits per heavy atom. The fourth-order valence-electron chi connectivity index (χ4n) is 2.18. The minimum absolute atomic E-state index is 0.237. The highest BCUT2D eigenvalue weighted by atomic mass is 16.5. The summed E-state index contributed by atoms with van der Waals surface area (Å²) in [6.07, 6.45) is 3.81. The molecule has 1 aliphatic heterocycles. The molecule has 2 aromatic rings. The zero-order valence-electron chi connectivity index (χ0n) is 10.0. The number of hydrogen-bond acceptors (Lipinski definition) is 6. The Bertz CT molecular complexity index is 533. The molecule has 18 heavy (non-hydrogen) atoms. The Balaban J connectivity index is 1.67. The molecule has 0 radical (unpaired) electrons. The van der Waals surface area contributed by atoms with Crippen molar-refractivity contribution in [1.29, 1.82) is 0 Å². The second kappa shape index (κ2) is 4.77. The van der Waals surface area contributed by atoms with Gasteiger partial charge in [0.05, 0.1) is 6.33 Å². The van der Waals surface area contributed by atoms with Crippen molar-refractivity contribution in [2.45, 2.75) is 12.8 Å². The van der Waals surface area contributed by atoms with Crippen LogP contribution in [0, 0.1) is 5.92 Å². The maximum atomic E-state index is 5.64. The molecule has 1 aliphatic rings. The third kappa shape index (κ3) is 2.21.